The molecule has 16 heavy (non-hydrogen) atoms. The minimum atomic E-state index is 0.902. The summed E-state index contributed by atoms with van der Waals surface area (Å²) in [5.41, 5.74) is 1.84. The van der Waals surface area contributed by atoms with Crippen LogP contribution in [-0.2, 0) is 0 Å². The molecule has 0 saturated heterocycles. The van der Waals surface area contributed by atoms with Gasteiger partial charge in [0.15, 0.2) is 0 Å². The van der Waals surface area contributed by atoms with Gasteiger partial charge in [0.25, 0.3) is 0 Å². The van der Waals surface area contributed by atoms with Crippen LogP contribution in [0.25, 0.3) is 0 Å². The molecule has 0 heteroatoms. The molecule has 0 amide bonds. The molecule has 0 aromatic heterocycles. The SMILES string of the molecule is CCC=C1C(C)C2CC1C1C3C=CC(C3)C21. The van der Waals surface area contributed by atoms with Gasteiger partial charge in [0.2, 0.25) is 0 Å². The smallest absolute Gasteiger partial charge is 0.0161 e. The summed E-state index contributed by atoms with van der Waals surface area (Å²) in [5.74, 6) is 6.96. The van der Waals surface area contributed by atoms with Crippen LogP contribution in [0.4, 0.5) is 0 Å². The number of fused-ring (bicyclic) bond motifs is 9. The summed E-state index contributed by atoms with van der Waals surface area (Å²) < 4.78 is 0. The van der Waals surface area contributed by atoms with E-state index < -0.39 is 0 Å². The van der Waals surface area contributed by atoms with Crippen LogP contribution in [0.1, 0.15) is 33.1 Å². The summed E-state index contributed by atoms with van der Waals surface area (Å²) >= 11 is 0. The van der Waals surface area contributed by atoms with Gasteiger partial charge in [0.05, 0.1) is 0 Å². The van der Waals surface area contributed by atoms with Crippen molar-refractivity contribution in [3.8, 4) is 0 Å². The normalized spacial score (nSPS) is 58.9. The van der Waals surface area contributed by atoms with Crippen LogP contribution in [0, 0.1) is 41.4 Å². The Kier molecular flexibility index (Phi) is 1.80. The lowest BCUT2D eigenvalue weighted by Crippen LogP contribution is -2.31. The standard InChI is InChI=1S/C16H22/c1-3-4-12-9(2)13-8-14(12)16-11-6-5-10(7-11)15(13)16/h4-6,9-11,13-16H,3,7-8H2,1-2H3. The van der Waals surface area contributed by atoms with Crippen LogP contribution in [0.3, 0.4) is 0 Å². The van der Waals surface area contributed by atoms with Crippen LogP contribution in [0.2, 0.25) is 0 Å². The van der Waals surface area contributed by atoms with E-state index in [1.165, 1.54) is 19.3 Å². The minimum absolute atomic E-state index is 0.902. The van der Waals surface area contributed by atoms with Gasteiger partial charge in [0, 0.05) is 0 Å². The molecule has 0 radical (unpaired) electrons. The fourth-order valence-electron chi connectivity index (χ4n) is 5.73. The fourth-order valence-corrected chi connectivity index (χ4v) is 5.73. The molecule has 0 nitrogen and oxygen atoms in total. The summed E-state index contributed by atoms with van der Waals surface area (Å²) in [6.45, 7) is 4.79. The Morgan fingerprint density at radius 1 is 1.19 bits per heavy atom. The Morgan fingerprint density at radius 3 is 2.69 bits per heavy atom. The third-order valence-corrected chi connectivity index (χ3v) is 6.10. The van der Waals surface area contributed by atoms with Crippen LogP contribution in [0.15, 0.2) is 23.8 Å². The van der Waals surface area contributed by atoms with Gasteiger partial charge in [-0.05, 0) is 60.7 Å². The van der Waals surface area contributed by atoms with Crippen molar-refractivity contribution in [1.29, 1.82) is 0 Å². The van der Waals surface area contributed by atoms with E-state index in [0.717, 1.165) is 41.4 Å². The summed E-state index contributed by atoms with van der Waals surface area (Å²) in [6.07, 6.45) is 11.9. The first kappa shape index (κ1) is 9.50. The third kappa shape index (κ3) is 0.931. The predicted molar refractivity (Wildman–Crippen MR) is 66.9 cm³/mol. The predicted octanol–water partition coefficient (Wildman–Crippen LogP) is 4.05. The molecular formula is C16H22. The van der Waals surface area contributed by atoms with Crippen molar-refractivity contribution < 1.29 is 0 Å². The highest BCUT2D eigenvalue weighted by Gasteiger charge is 2.61. The molecule has 4 aliphatic rings. The van der Waals surface area contributed by atoms with Gasteiger partial charge in [-0.3, -0.25) is 0 Å². The molecule has 4 bridgehead atoms. The molecule has 0 heterocycles. The highest BCUT2D eigenvalue weighted by molar-refractivity contribution is 5.30. The van der Waals surface area contributed by atoms with Gasteiger partial charge in [-0.25, -0.2) is 0 Å². The molecule has 0 aromatic rings. The van der Waals surface area contributed by atoms with Crippen molar-refractivity contribution in [3.05, 3.63) is 23.8 Å². The quantitative estimate of drug-likeness (QED) is 0.456. The van der Waals surface area contributed by atoms with Gasteiger partial charge in [-0.2, -0.15) is 0 Å². The van der Waals surface area contributed by atoms with Crippen molar-refractivity contribution in [2.75, 3.05) is 0 Å². The largest absolute Gasteiger partial charge is 0.0850 e. The molecule has 4 rings (SSSR count). The van der Waals surface area contributed by atoms with Crippen LogP contribution < -0.4 is 0 Å². The van der Waals surface area contributed by atoms with E-state index >= 15 is 0 Å². The van der Waals surface area contributed by atoms with E-state index in [1.54, 1.807) is 0 Å². The van der Waals surface area contributed by atoms with E-state index in [-0.39, 0.29) is 0 Å². The molecule has 0 N–H and O–H groups in total. The second kappa shape index (κ2) is 3.03. The zero-order chi connectivity index (χ0) is 10.9. The Morgan fingerprint density at radius 2 is 1.94 bits per heavy atom. The molecule has 3 saturated carbocycles. The number of hydrogen-bond acceptors (Lipinski definition) is 0. The maximum Gasteiger partial charge on any atom is -0.0161 e. The van der Waals surface area contributed by atoms with Crippen molar-refractivity contribution in [2.24, 2.45) is 41.4 Å². The van der Waals surface area contributed by atoms with Gasteiger partial charge in [0.1, 0.15) is 0 Å². The molecule has 0 aromatic carbocycles. The van der Waals surface area contributed by atoms with Crippen molar-refractivity contribution in [2.45, 2.75) is 33.1 Å². The second-order valence-corrected chi connectivity index (χ2v) is 6.51. The summed E-state index contributed by atoms with van der Waals surface area (Å²) in [6, 6.07) is 0. The zero-order valence-corrected chi connectivity index (χ0v) is 10.4. The van der Waals surface area contributed by atoms with Gasteiger partial charge >= 0.3 is 0 Å². The average molecular weight is 214 g/mol. The van der Waals surface area contributed by atoms with E-state index in [9.17, 15) is 0 Å². The highest BCUT2D eigenvalue weighted by Crippen LogP contribution is 2.68. The van der Waals surface area contributed by atoms with E-state index in [1.807, 2.05) is 5.57 Å². The van der Waals surface area contributed by atoms with Crippen LogP contribution in [0.5, 0.6) is 0 Å². The lowest BCUT2D eigenvalue weighted by molar-refractivity contribution is 0.203. The Bertz CT molecular complexity index is 375. The van der Waals surface area contributed by atoms with Crippen LogP contribution >= 0.6 is 0 Å². The third-order valence-electron chi connectivity index (χ3n) is 6.10. The lowest BCUT2D eigenvalue weighted by Gasteiger charge is -2.37. The van der Waals surface area contributed by atoms with Crippen LogP contribution in [-0.4, -0.2) is 0 Å². The number of allylic oxidation sites excluding steroid dienone is 4. The Hall–Kier alpha value is -0.520. The average Bonchev–Trinajstić information content (AvgIpc) is 2.97. The Balaban J connectivity index is 1.75. The number of hydrogen-bond donors (Lipinski definition) is 0. The van der Waals surface area contributed by atoms with Gasteiger partial charge < -0.3 is 0 Å². The van der Waals surface area contributed by atoms with E-state index in [0.29, 0.717) is 0 Å². The molecule has 86 valence electrons. The summed E-state index contributed by atoms with van der Waals surface area (Å²) in [7, 11) is 0. The van der Waals surface area contributed by atoms with Gasteiger partial charge in [-0.15, -0.1) is 0 Å². The molecule has 4 aliphatic carbocycles. The van der Waals surface area contributed by atoms with Gasteiger partial charge in [-0.1, -0.05) is 37.6 Å². The second-order valence-electron chi connectivity index (χ2n) is 6.51. The van der Waals surface area contributed by atoms with Crippen molar-refractivity contribution in [3.63, 3.8) is 0 Å². The van der Waals surface area contributed by atoms with E-state index in [4.69, 9.17) is 0 Å². The van der Waals surface area contributed by atoms with E-state index in [2.05, 4.69) is 32.1 Å². The zero-order valence-electron chi connectivity index (χ0n) is 10.4. The minimum Gasteiger partial charge on any atom is -0.0850 e. The van der Waals surface area contributed by atoms with Crippen molar-refractivity contribution in [1.82, 2.24) is 0 Å². The molecule has 7 unspecified atom stereocenters. The number of rotatable bonds is 1. The fraction of sp³-hybridized carbons (Fsp3) is 0.750. The summed E-state index contributed by atoms with van der Waals surface area (Å²) in [4.78, 5) is 0. The molecular weight excluding hydrogens is 192 g/mol. The first-order valence-corrected chi connectivity index (χ1v) is 7.19. The Labute approximate surface area is 98.8 Å². The first-order chi connectivity index (χ1) is 7.81. The molecule has 7 atom stereocenters. The highest BCUT2D eigenvalue weighted by atomic mass is 14.7. The molecule has 0 spiro atoms. The maximum absolute atomic E-state index is 2.56. The van der Waals surface area contributed by atoms with Crippen molar-refractivity contribution >= 4 is 0 Å². The maximum atomic E-state index is 2.56. The first-order valence-electron chi connectivity index (χ1n) is 7.19. The molecule has 0 aliphatic heterocycles. The summed E-state index contributed by atoms with van der Waals surface area (Å²) in [5, 5.41) is 0. The monoisotopic (exact) mass is 214 g/mol. The lowest BCUT2D eigenvalue weighted by atomic mass is 9.67. The topological polar surface area (TPSA) is 0 Å². The molecule has 3 fully saturated rings.